The van der Waals surface area contributed by atoms with Crippen molar-refractivity contribution in [1.29, 1.82) is 0 Å². The maximum absolute atomic E-state index is 12.0. The Morgan fingerprint density at radius 2 is 1.89 bits per heavy atom. The summed E-state index contributed by atoms with van der Waals surface area (Å²) in [6, 6.07) is 6.89. The van der Waals surface area contributed by atoms with Gasteiger partial charge in [0.05, 0.1) is 0 Å². The van der Waals surface area contributed by atoms with Crippen LogP contribution in [0.2, 0.25) is 0 Å². The molecule has 0 bridgehead atoms. The standard InChI is InChI=1S/C13H16F3NO/c14-13(15,16)10-18-12-5-3-4-11(8-12)9-17-6-1-2-7-17/h3-5,8H,1-2,6-7,9-10H2. The van der Waals surface area contributed by atoms with E-state index in [0.717, 1.165) is 25.2 Å². The number of rotatable bonds is 4. The fourth-order valence-electron chi connectivity index (χ4n) is 2.10. The first kappa shape index (κ1) is 13.2. The van der Waals surface area contributed by atoms with Crippen molar-refractivity contribution in [2.75, 3.05) is 19.7 Å². The lowest BCUT2D eigenvalue weighted by Gasteiger charge is -2.15. The summed E-state index contributed by atoms with van der Waals surface area (Å²) in [5, 5.41) is 0. The molecule has 0 N–H and O–H groups in total. The van der Waals surface area contributed by atoms with Crippen LogP contribution in [0, 0.1) is 0 Å². The van der Waals surface area contributed by atoms with Crippen LogP contribution in [0.4, 0.5) is 13.2 Å². The molecule has 5 heteroatoms. The van der Waals surface area contributed by atoms with Crippen LogP contribution in [0.5, 0.6) is 5.75 Å². The number of alkyl halides is 3. The maximum atomic E-state index is 12.0. The van der Waals surface area contributed by atoms with Crippen molar-refractivity contribution in [1.82, 2.24) is 4.90 Å². The van der Waals surface area contributed by atoms with E-state index in [1.807, 2.05) is 6.07 Å². The van der Waals surface area contributed by atoms with Gasteiger partial charge in [0.15, 0.2) is 6.61 Å². The molecule has 0 radical (unpaired) electrons. The molecule has 0 atom stereocenters. The monoisotopic (exact) mass is 259 g/mol. The molecule has 1 heterocycles. The molecule has 2 rings (SSSR count). The zero-order chi connectivity index (χ0) is 13.0. The van der Waals surface area contributed by atoms with Gasteiger partial charge in [-0.1, -0.05) is 12.1 Å². The summed E-state index contributed by atoms with van der Waals surface area (Å²) in [6.07, 6.45) is -1.89. The lowest BCUT2D eigenvalue weighted by Crippen LogP contribution is -2.20. The van der Waals surface area contributed by atoms with E-state index in [4.69, 9.17) is 4.74 Å². The molecule has 1 saturated heterocycles. The van der Waals surface area contributed by atoms with Crippen LogP contribution >= 0.6 is 0 Å². The molecule has 0 aromatic heterocycles. The Balaban J connectivity index is 1.92. The fraction of sp³-hybridized carbons (Fsp3) is 0.538. The number of nitrogens with zero attached hydrogens (tertiary/aromatic N) is 1. The zero-order valence-corrected chi connectivity index (χ0v) is 10.0. The molecule has 18 heavy (non-hydrogen) atoms. The molecular formula is C13H16F3NO. The Labute approximate surface area is 104 Å². The molecule has 0 saturated carbocycles. The SMILES string of the molecule is FC(F)(F)COc1cccc(CN2CCCC2)c1. The van der Waals surface area contributed by atoms with E-state index in [1.54, 1.807) is 18.2 Å². The molecule has 1 aromatic carbocycles. The van der Waals surface area contributed by atoms with Gasteiger partial charge in [0.25, 0.3) is 0 Å². The van der Waals surface area contributed by atoms with Gasteiger partial charge in [-0.05, 0) is 43.6 Å². The number of benzene rings is 1. The molecule has 0 unspecified atom stereocenters. The highest BCUT2D eigenvalue weighted by Gasteiger charge is 2.28. The van der Waals surface area contributed by atoms with Crippen LogP contribution in [0.3, 0.4) is 0 Å². The van der Waals surface area contributed by atoms with Gasteiger partial charge in [0.1, 0.15) is 5.75 Å². The highest BCUT2D eigenvalue weighted by atomic mass is 19.4. The van der Waals surface area contributed by atoms with Gasteiger partial charge in [-0.3, -0.25) is 4.90 Å². The summed E-state index contributed by atoms with van der Waals surface area (Å²) in [7, 11) is 0. The Morgan fingerprint density at radius 3 is 2.56 bits per heavy atom. The van der Waals surface area contributed by atoms with Gasteiger partial charge >= 0.3 is 6.18 Å². The lowest BCUT2D eigenvalue weighted by molar-refractivity contribution is -0.153. The van der Waals surface area contributed by atoms with Crippen LogP contribution < -0.4 is 4.74 Å². The number of ether oxygens (including phenoxy) is 1. The molecule has 0 amide bonds. The highest BCUT2D eigenvalue weighted by Crippen LogP contribution is 2.20. The van der Waals surface area contributed by atoms with Gasteiger partial charge in [0, 0.05) is 6.54 Å². The molecule has 100 valence electrons. The average molecular weight is 259 g/mol. The summed E-state index contributed by atoms with van der Waals surface area (Å²) in [5.41, 5.74) is 0.997. The van der Waals surface area contributed by atoms with Crippen molar-refractivity contribution >= 4 is 0 Å². The Bertz CT molecular complexity index is 386. The Morgan fingerprint density at radius 1 is 1.17 bits per heavy atom. The first-order valence-corrected chi connectivity index (χ1v) is 6.04. The van der Waals surface area contributed by atoms with Gasteiger partial charge in [-0.25, -0.2) is 0 Å². The minimum Gasteiger partial charge on any atom is -0.484 e. The molecule has 1 aromatic rings. The first-order chi connectivity index (χ1) is 8.53. The molecule has 1 aliphatic rings. The van der Waals surface area contributed by atoms with Gasteiger partial charge in [-0.15, -0.1) is 0 Å². The van der Waals surface area contributed by atoms with Crippen LogP contribution in [0.15, 0.2) is 24.3 Å². The average Bonchev–Trinajstić information content (AvgIpc) is 2.79. The third-order valence-corrected chi connectivity index (χ3v) is 2.91. The topological polar surface area (TPSA) is 12.5 Å². The molecule has 0 spiro atoms. The fourth-order valence-corrected chi connectivity index (χ4v) is 2.10. The molecule has 0 aliphatic carbocycles. The van der Waals surface area contributed by atoms with E-state index in [2.05, 4.69) is 4.90 Å². The van der Waals surface area contributed by atoms with Gasteiger partial charge in [0.2, 0.25) is 0 Å². The predicted octanol–water partition coefficient (Wildman–Crippen LogP) is 3.22. The summed E-state index contributed by atoms with van der Waals surface area (Å²) in [5.74, 6) is 0.282. The summed E-state index contributed by atoms with van der Waals surface area (Å²) < 4.78 is 40.8. The van der Waals surface area contributed by atoms with Crippen molar-refractivity contribution < 1.29 is 17.9 Å². The van der Waals surface area contributed by atoms with Crippen LogP contribution in [-0.2, 0) is 6.54 Å². The van der Waals surface area contributed by atoms with E-state index in [0.29, 0.717) is 0 Å². The molecule has 1 aliphatic heterocycles. The quantitative estimate of drug-likeness (QED) is 0.823. The first-order valence-electron chi connectivity index (χ1n) is 6.04. The van der Waals surface area contributed by atoms with E-state index in [-0.39, 0.29) is 5.75 Å². The molecule has 1 fully saturated rings. The van der Waals surface area contributed by atoms with E-state index in [1.165, 1.54) is 12.8 Å². The summed E-state index contributed by atoms with van der Waals surface area (Å²) >= 11 is 0. The third-order valence-electron chi connectivity index (χ3n) is 2.91. The largest absolute Gasteiger partial charge is 0.484 e. The lowest BCUT2D eigenvalue weighted by atomic mass is 10.2. The second kappa shape index (κ2) is 5.61. The zero-order valence-electron chi connectivity index (χ0n) is 10.0. The van der Waals surface area contributed by atoms with Gasteiger partial charge < -0.3 is 4.74 Å². The normalized spacial score (nSPS) is 17.1. The van der Waals surface area contributed by atoms with Crippen LogP contribution in [0.25, 0.3) is 0 Å². The number of likely N-dealkylation sites (tertiary alicyclic amines) is 1. The van der Waals surface area contributed by atoms with Crippen LogP contribution in [-0.4, -0.2) is 30.8 Å². The van der Waals surface area contributed by atoms with E-state index in [9.17, 15) is 13.2 Å². The smallest absolute Gasteiger partial charge is 0.422 e. The number of hydrogen-bond donors (Lipinski definition) is 0. The Kier molecular flexibility index (Phi) is 4.11. The predicted molar refractivity (Wildman–Crippen MR) is 62.5 cm³/mol. The molecule has 2 nitrogen and oxygen atoms in total. The van der Waals surface area contributed by atoms with Crippen molar-refractivity contribution in [3.63, 3.8) is 0 Å². The summed E-state index contributed by atoms with van der Waals surface area (Å²) in [6.45, 7) is 1.67. The van der Waals surface area contributed by atoms with Crippen molar-refractivity contribution in [3.8, 4) is 5.75 Å². The van der Waals surface area contributed by atoms with Crippen molar-refractivity contribution in [2.24, 2.45) is 0 Å². The van der Waals surface area contributed by atoms with Gasteiger partial charge in [-0.2, -0.15) is 13.2 Å². The second-order valence-electron chi connectivity index (χ2n) is 4.53. The Hall–Kier alpha value is -1.23. The van der Waals surface area contributed by atoms with Crippen molar-refractivity contribution in [3.05, 3.63) is 29.8 Å². The minimum atomic E-state index is -4.29. The van der Waals surface area contributed by atoms with E-state index < -0.39 is 12.8 Å². The maximum Gasteiger partial charge on any atom is 0.422 e. The van der Waals surface area contributed by atoms with E-state index >= 15 is 0 Å². The van der Waals surface area contributed by atoms with Crippen LogP contribution in [0.1, 0.15) is 18.4 Å². The highest BCUT2D eigenvalue weighted by molar-refractivity contribution is 5.28. The second-order valence-corrected chi connectivity index (χ2v) is 4.53. The third kappa shape index (κ3) is 4.22. The minimum absolute atomic E-state index is 0.282. The number of hydrogen-bond acceptors (Lipinski definition) is 2. The van der Waals surface area contributed by atoms with Crippen molar-refractivity contribution in [2.45, 2.75) is 25.6 Å². The summed E-state index contributed by atoms with van der Waals surface area (Å²) in [4.78, 5) is 2.29. The molecular weight excluding hydrogens is 243 g/mol. The number of halogens is 3.